The van der Waals surface area contributed by atoms with E-state index in [1.807, 2.05) is 24.3 Å². The molecule has 0 bridgehead atoms. The quantitative estimate of drug-likeness (QED) is 0.643. The van der Waals surface area contributed by atoms with Crippen molar-refractivity contribution in [2.24, 2.45) is 5.10 Å². The Hall–Kier alpha value is -2.21. The van der Waals surface area contributed by atoms with Gasteiger partial charge in [0.05, 0.1) is 12.8 Å². The molecule has 1 amide bonds. The first kappa shape index (κ1) is 15.2. The molecule has 0 saturated carbocycles. The first-order valence-electron chi connectivity index (χ1n) is 6.20. The number of carbonyl (C=O) groups excluding carboxylic acids is 1. The second kappa shape index (κ2) is 7.54. The molecule has 0 fully saturated rings. The Morgan fingerprint density at radius 1 is 1.14 bits per heavy atom. The second-order valence-corrected chi connectivity index (χ2v) is 5.12. The minimum atomic E-state index is -0.310. The molecule has 0 atom stereocenters. The van der Waals surface area contributed by atoms with Gasteiger partial charge in [0.2, 0.25) is 0 Å². The van der Waals surface area contributed by atoms with Crippen LogP contribution in [0.25, 0.3) is 0 Å². The number of halogens is 2. The molecule has 4 nitrogen and oxygen atoms in total. The van der Waals surface area contributed by atoms with E-state index in [2.05, 4.69) is 31.8 Å². The fraction of sp³-hybridized carbons (Fsp3) is 0.0667. The number of rotatable bonds is 5. The van der Waals surface area contributed by atoms with Gasteiger partial charge in [-0.05, 0) is 42.0 Å². The highest BCUT2D eigenvalue weighted by molar-refractivity contribution is 9.10. The summed E-state index contributed by atoms with van der Waals surface area (Å²) in [5, 5.41) is 6.77. The average molecular weight is 350 g/mol. The van der Waals surface area contributed by atoms with Gasteiger partial charge in [-0.15, -0.1) is 0 Å². The van der Waals surface area contributed by atoms with E-state index in [-0.39, 0.29) is 18.3 Å². The molecule has 2 aromatic carbocycles. The Morgan fingerprint density at radius 3 is 2.48 bits per heavy atom. The van der Waals surface area contributed by atoms with Crippen molar-refractivity contribution in [3.63, 3.8) is 0 Å². The lowest BCUT2D eigenvalue weighted by atomic mass is 10.2. The molecule has 0 aliphatic heterocycles. The molecule has 6 heteroatoms. The molecule has 0 unspecified atom stereocenters. The summed E-state index contributed by atoms with van der Waals surface area (Å²) >= 11 is 3.34. The molecule has 0 aliphatic rings. The molecule has 0 saturated heterocycles. The van der Waals surface area contributed by atoms with Crippen LogP contribution in [-0.4, -0.2) is 18.7 Å². The fourth-order valence-corrected chi connectivity index (χ4v) is 1.78. The summed E-state index contributed by atoms with van der Waals surface area (Å²) in [4.78, 5) is 11.6. The van der Waals surface area contributed by atoms with E-state index in [1.165, 1.54) is 18.3 Å². The highest BCUT2D eigenvalue weighted by atomic mass is 79.9. The van der Waals surface area contributed by atoms with E-state index < -0.39 is 0 Å². The number of benzene rings is 2. The lowest BCUT2D eigenvalue weighted by Crippen LogP contribution is -2.25. The van der Waals surface area contributed by atoms with Gasteiger partial charge in [-0.2, -0.15) is 5.10 Å². The molecule has 2 rings (SSSR count). The summed E-state index contributed by atoms with van der Waals surface area (Å²) < 4.78 is 13.7. The van der Waals surface area contributed by atoms with Crippen molar-refractivity contribution >= 4 is 33.7 Å². The SMILES string of the molecule is O=C(CNc1ccc(Br)cc1)N/N=C/c1ccc(F)cc1. The summed E-state index contributed by atoms with van der Waals surface area (Å²) in [6.45, 7) is 0.113. The van der Waals surface area contributed by atoms with Crippen LogP contribution in [0.5, 0.6) is 0 Å². The maximum absolute atomic E-state index is 12.7. The van der Waals surface area contributed by atoms with Crippen molar-refractivity contribution in [1.29, 1.82) is 0 Å². The summed E-state index contributed by atoms with van der Waals surface area (Å²) in [6, 6.07) is 13.3. The number of anilines is 1. The lowest BCUT2D eigenvalue weighted by Gasteiger charge is -2.05. The van der Waals surface area contributed by atoms with Crippen LogP contribution in [0.3, 0.4) is 0 Å². The first-order chi connectivity index (χ1) is 10.1. The van der Waals surface area contributed by atoms with E-state index in [1.54, 1.807) is 12.1 Å². The molecule has 0 heterocycles. The van der Waals surface area contributed by atoms with E-state index in [0.717, 1.165) is 10.2 Å². The van der Waals surface area contributed by atoms with E-state index >= 15 is 0 Å². The van der Waals surface area contributed by atoms with Crippen molar-refractivity contribution in [1.82, 2.24) is 5.43 Å². The summed E-state index contributed by atoms with van der Waals surface area (Å²) in [5.74, 6) is -0.578. The first-order valence-corrected chi connectivity index (χ1v) is 7.00. The number of nitrogens with zero attached hydrogens (tertiary/aromatic N) is 1. The van der Waals surface area contributed by atoms with E-state index in [9.17, 15) is 9.18 Å². The molecule has 21 heavy (non-hydrogen) atoms. The number of hydrazone groups is 1. The van der Waals surface area contributed by atoms with Crippen LogP contribution < -0.4 is 10.7 Å². The number of nitrogens with one attached hydrogen (secondary N) is 2. The zero-order chi connectivity index (χ0) is 15.1. The van der Waals surface area contributed by atoms with Gasteiger partial charge in [0.1, 0.15) is 5.82 Å². The third-order valence-corrected chi connectivity index (χ3v) is 3.10. The maximum atomic E-state index is 12.7. The summed E-state index contributed by atoms with van der Waals surface area (Å²) in [7, 11) is 0. The van der Waals surface area contributed by atoms with Gasteiger partial charge in [0, 0.05) is 10.2 Å². The van der Waals surface area contributed by atoms with Gasteiger partial charge in [0.15, 0.2) is 0 Å². The zero-order valence-electron chi connectivity index (χ0n) is 11.0. The fourth-order valence-electron chi connectivity index (χ4n) is 1.52. The molecule has 2 N–H and O–H groups in total. The standard InChI is InChI=1S/C15H13BrFN3O/c16-12-3-7-14(8-4-12)18-10-15(21)20-19-9-11-1-5-13(17)6-2-11/h1-9,18H,10H2,(H,20,21)/b19-9+. The van der Waals surface area contributed by atoms with Gasteiger partial charge in [0.25, 0.3) is 5.91 Å². The van der Waals surface area contributed by atoms with Crippen molar-refractivity contribution in [2.75, 3.05) is 11.9 Å². The highest BCUT2D eigenvalue weighted by Gasteiger charge is 1.99. The number of hydrogen-bond donors (Lipinski definition) is 2. The van der Waals surface area contributed by atoms with Crippen LogP contribution in [0.4, 0.5) is 10.1 Å². The van der Waals surface area contributed by atoms with Crippen LogP contribution in [0.15, 0.2) is 58.1 Å². The normalized spacial score (nSPS) is 10.6. The highest BCUT2D eigenvalue weighted by Crippen LogP contribution is 2.13. The molecule has 2 aromatic rings. The van der Waals surface area contributed by atoms with E-state index in [0.29, 0.717) is 5.56 Å². The maximum Gasteiger partial charge on any atom is 0.259 e. The third-order valence-electron chi connectivity index (χ3n) is 2.57. The van der Waals surface area contributed by atoms with Gasteiger partial charge in [-0.1, -0.05) is 28.1 Å². The van der Waals surface area contributed by atoms with Crippen molar-refractivity contribution in [3.05, 3.63) is 64.4 Å². The van der Waals surface area contributed by atoms with Crippen LogP contribution in [-0.2, 0) is 4.79 Å². The van der Waals surface area contributed by atoms with Gasteiger partial charge < -0.3 is 5.32 Å². The topological polar surface area (TPSA) is 53.5 Å². The van der Waals surface area contributed by atoms with Crippen molar-refractivity contribution in [2.45, 2.75) is 0 Å². The monoisotopic (exact) mass is 349 g/mol. The third kappa shape index (κ3) is 5.35. The number of carbonyl (C=O) groups is 1. The summed E-state index contributed by atoms with van der Waals surface area (Å²) in [6.07, 6.45) is 1.46. The van der Waals surface area contributed by atoms with Crippen molar-refractivity contribution < 1.29 is 9.18 Å². The van der Waals surface area contributed by atoms with E-state index in [4.69, 9.17) is 0 Å². The Bertz CT molecular complexity index is 626. The average Bonchev–Trinajstić information content (AvgIpc) is 2.49. The number of hydrogen-bond acceptors (Lipinski definition) is 3. The smallest absolute Gasteiger partial charge is 0.259 e. The minimum absolute atomic E-state index is 0.113. The minimum Gasteiger partial charge on any atom is -0.376 e. The van der Waals surface area contributed by atoms with Crippen LogP contribution >= 0.6 is 15.9 Å². The van der Waals surface area contributed by atoms with Gasteiger partial charge in [-0.3, -0.25) is 4.79 Å². The predicted molar refractivity (Wildman–Crippen MR) is 84.8 cm³/mol. The van der Waals surface area contributed by atoms with Gasteiger partial charge >= 0.3 is 0 Å². The Labute approximate surface area is 130 Å². The molecule has 0 aromatic heterocycles. The Kier molecular flexibility index (Phi) is 5.45. The molecule has 0 aliphatic carbocycles. The second-order valence-electron chi connectivity index (χ2n) is 4.21. The lowest BCUT2D eigenvalue weighted by molar-refractivity contribution is -0.119. The zero-order valence-corrected chi connectivity index (χ0v) is 12.6. The van der Waals surface area contributed by atoms with Crippen LogP contribution in [0.2, 0.25) is 0 Å². The largest absolute Gasteiger partial charge is 0.376 e. The molecule has 0 radical (unpaired) electrons. The molecular weight excluding hydrogens is 337 g/mol. The Morgan fingerprint density at radius 2 is 1.81 bits per heavy atom. The van der Waals surface area contributed by atoms with Gasteiger partial charge in [-0.25, -0.2) is 9.82 Å². The molecule has 108 valence electrons. The molecular formula is C15H13BrFN3O. The molecule has 0 spiro atoms. The summed E-state index contributed by atoms with van der Waals surface area (Å²) in [5.41, 5.74) is 3.94. The van der Waals surface area contributed by atoms with Crippen LogP contribution in [0, 0.1) is 5.82 Å². The van der Waals surface area contributed by atoms with Crippen LogP contribution in [0.1, 0.15) is 5.56 Å². The number of amides is 1. The Balaban J connectivity index is 1.77. The van der Waals surface area contributed by atoms with Crippen molar-refractivity contribution in [3.8, 4) is 0 Å². The predicted octanol–water partition coefficient (Wildman–Crippen LogP) is 3.15.